The summed E-state index contributed by atoms with van der Waals surface area (Å²) in [5.41, 5.74) is 7.27. The molecule has 0 aliphatic heterocycles. The molecule has 1 unspecified atom stereocenters. The Hall–Kier alpha value is -1.68. The molecule has 2 aromatic rings. The zero-order chi connectivity index (χ0) is 17.3. The van der Waals surface area contributed by atoms with Crippen molar-refractivity contribution in [1.82, 2.24) is 0 Å². The molecule has 0 amide bonds. The number of hydrogen-bond acceptors (Lipinski definition) is 2. The van der Waals surface area contributed by atoms with Gasteiger partial charge in [0.15, 0.2) is 0 Å². The van der Waals surface area contributed by atoms with Crippen LogP contribution < -0.4 is 5.30 Å². The van der Waals surface area contributed by atoms with Crippen molar-refractivity contribution in [1.29, 1.82) is 5.26 Å². The van der Waals surface area contributed by atoms with Crippen LogP contribution in [-0.4, -0.2) is 12.2 Å². The summed E-state index contributed by atoms with van der Waals surface area (Å²) >= 11 is 0. The van der Waals surface area contributed by atoms with Crippen LogP contribution in [0.2, 0.25) is 0 Å². The van der Waals surface area contributed by atoms with Gasteiger partial charge in [-0.3, -0.25) is 0 Å². The van der Waals surface area contributed by atoms with Crippen LogP contribution >= 0.6 is 9.24 Å². The molecular formula is C19H26NOP. The summed E-state index contributed by atoms with van der Waals surface area (Å²) in [6.07, 6.45) is 0. The van der Waals surface area contributed by atoms with Crippen LogP contribution in [0.5, 0.6) is 0 Å². The Morgan fingerprint density at radius 2 is 1.32 bits per heavy atom. The number of aryl methyl sites for hydroxylation is 4. The Bertz CT molecular complexity index is 630. The molecule has 1 N–H and O–H groups in total. The lowest BCUT2D eigenvalue weighted by atomic mass is 10.1. The molecule has 0 spiro atoms. The third-order valence-electron chi connectivity index (χ3n) is 3.64. The summed E-state index contributed by atoms with van der Waals surface area (Å²) in [6, 6.07) is 12.1. The second-order valence-corrected chi connectivity index (χ2v) is 5.73. The monoisotopic (exact) mass is 315 g/mol. The number of nitriles is 1. The van der Waals surface area contributed by atoms with Gasteiger partial charge in [0.2, 0.25) is 0 Å². The van der Waals surface area contributed by atoms with Crippen molar-refractivity contribution in [2.75, 3.05) is 7.11 Å². The maximum atomic E-state index is 8.50. The Morgan fingerprint density at radius 3 is 1.77 bits per heavy atom. The third kappa shape index (κ3) is 5.98. The molecule has 1 atom stereocenters. The fourth-order valence-electron chi connectivity index (χ4n) is 1.78. The van der Waals surface area contributed by atoms with Crippen molar-refractivity contribution in [3.63, 3.8) is 0 Å². The van der Waals surface area contributed by atoms with Gasteiger partial charge in [-0.15, -0.1) is 9.24 Å². The topological polar surface area (TPSA) is 44.0 Å². The first-order chi connectivity index (χ1) is 10.4. The van der Waals surface area contributed by atoms with E-state index in [1.807, 2.05) is 32.0 Å². The molecule has 0 bridgehead atoms. The summed E-state index contributed by atoms with van der Waals surface area (Å²) in [7, 11) is 3.78. The minimum Gasteiger partial charge on any atom is -0.400 e. The number of benzene rings is 2. The van der Waals surface area contributed by atoms with Crippen LogP contribution in [0, 0.1) is 45.9 Å². The standard InChI is InChI=1S/C9H9N.C9H13P.CH4O/c1-7-3-4-9(6-10)5-8(7)2;1-6-4-5-7(2)9(10)8(6)3;1-2/h3-5H,1-2H3;4-5H,10H2,1-3H3;2H,1H3. The Morgan fingerprint density at radius 1 is 0.818 bits per heavy atom. The van der Waals surface area contributed by atoms with Crippen molar-refractivity contribution in [2.45, 2.75) is 34.6 Å². The molecule has 118 valence electrons. The quantitative estimate of drug-likeness (QED) is 0.749. The molecule has 22 heavy (non-hydrogen) atoms. The van der Waals surface area contributed by atoms with Crippen molar-refractivity contribution in [3.8, 4) is 6.07 Å². The molecule has 0 fully saturated rings. The third-order valence-corrected chi connectivity index (χ3v) is 4.53. The molecule has 0 aliphatic rings. The number of rotatable bonds is 0. The predicted octanol–water partition coefficient (Wildman–Crippen LogP) is 3.90. The largest absolute Gasteiger partial charge is 0.400 e. The maximum absolute atomic E-state index is 8.50. The van der Waals surface area contributed by atoms with Gasteiger partial charge in [-0.1, -0.05) is 18.2 Å². The second kappa shape index (κ2) is 10.1. The van der Waals surface area contributed by atoms with Crippen LogP contribution in [0.3, 0.4) is 0 Å². The second-order valence-electron chi connectivity index (χ2n) is 5.15. The van der Waals surface area contributed by atoms with Crippen LogP contribution in [0.1, 0.15) is 33.4 Å². The van der Waals surface area contributed by atoms with Crippen LogP contribution in [0.4, 0.5) is 0 Å². The molecule has 2 nitrogen and oxygen atoms in total. The molecule has 0 saturated carbocycles. The average Bonchev–Trinajstić information content (AvgIpc) is 2.54. The maximum Gasteiger partial charge on any atom is 0.0991 e. The Labute approximate surface area is 137 Å². The molecule has 0 aliphatic carbocycles. The lowest BCUT2D eigenvalue weighted by molar-refractivity contribution is 0.399. The fraction of sp³-hybridized carbons (Fsp3) is 0.316. The smallest absolute Gasteiger partial charge is 0.0991 e. The molecule has 0 heterocycles. The summed E-state index contributed by atoms with van der Waals surface area (Å²) in [5.74, 6) is 0. The van der Waals surface area contributed by atoms with E-state index in [4.69, 9.17) is 10.4 Å². The minimum atomic E-state index is 0.739. The SMILES string of the molecule is CO.Cc1ccc(C#N)cc1C.Cc1ccc(C)c(P)c1C. The van der Waals surface area contributed by atoms with E-state index in [0.717, 1.165) is 12.7 Å². The van der Waals surface area contributed by atoms with E-state index in [1.54, 1.807) is 0 Å². The van der Waals surface area contributed by atoms with Crippen molar-refractivity contribution in [3.05, 3.63) is 63.7 Å². The van der Waals surface area contributed by atoms with E-state index in [0.29, 0.717) is 0 Å². The number of aliphatic hydroxyl groups excluding tert-OH is 1. The van der Waals surface area contributed by atoms with E-state index in [2.05, 4.69) is 48.2 Å². The Kier molecular flexibility index (Phi) is 9.34. The van der Waals surface area contributed by atoms with Crippen LogP contribution in [0.15, 0.2) is 30.3 Å². The van der Waals surface area contributed by atoms with E-state index in [-0.39, 0.29) is 0 Å². The highest BCUT2D eigenvalue weighted by Gasteiger charge is 1.97. The fourth-order valence-corrected chi connectivity index (χ4v) is 2.11. The number of aliphatic hydroxyl groups is 1. The number of nitrogens with zero attached hydrogens (tertiary/aromatic N) is 1. The van der Waals surface area contributed by atoms with Gasteiger partial charge in [0, 0.05) is 7.11 Å². The van der Waals surface area contributed by atoms with Gasteiger partial charge in [-0.25, -0.2) is 0 Å². The highest BCUT2D eigenvalue weighted by atomic mass is 31.0. The summed E-state index contributed by atoms with van der Waals surface area (Å²) < 4.78 is 0. The van der Waals surface area contributed by atoms with Crippen LogP contribution in [0.25, 0.3) is 0 Å². The van der Waals surface area contributed by atoms with E-state index >= 15 is 0 Å². The van der Waals surface area contributed by atoms with Gasteiger partial charge in [0.05, 0.1) is 11.6 Å². The van der Waals surface area contributed by atoms with Crippen molar-refractivity contribution < 1.29 is 5.11 Å². The van der Waals surface area contributed by atoms with Gasteiger partial charge in [0.1, 0.15) is 0 Å². The average molecular weight is 315 g/mol. The summed E-state index contributed by atoms with van der Waals surface area (Å²) in [4.78, 5) is 0. The predicted molar refractivity (Wildman–Crippen MR) is 98.8 cm³/mol. The first-order valence-electron chi connectivity index (χ1n) is 7.11. The Balaban J connectivity index is 0.000000360. The van der Waals surface area contributed by atoms with Gasteiger partial charge < -0.3 is 5.11 Å². The van der Waals surface area contributed by atoms with Gasteiger partial charge in [-0.2, -0.15) is 5.26 Å². The first kappa shape index (κ1) is 20.3. The molecule has 0 radical (unpaired) electrons. The van der Waals surface area contributed by atoms with Gasteiger partial charge in [-0.05, 0) is 79.9 Å². The van der Waals surface area contributed by atoms with Gasteiger partial charge in [0.25, 0.3) is 0 Å². The van der Waals surface area contributed by atoms with E-state index in [9.17, 15) is 0 Å². The van der Waals surface area contributed by atoms with Crippen molar-refractivity contribution >= 4 is 14.5 Å². The lowest BCUT2D eigenvalue weighted by Gasteiger charge is -2.05. The highest BCUT2D eigenvalue weighted by Crippen LogP contribution is 2.09. The lowest BCUT2D eigenvalue weighted by Crippen LogP contribution is -2.03. The minimum absolute atomic E-state index is 0.739. The van der Waals surface area contributed by atoms with Crippen LogP contribution in [-0.2, 0) is 0 Å². The van der Waals surface area contributed by atoms with Gasteiger partial charge >= 0.3 is 0 Å². The molecule has 2 rings (SSSR count). The first-order valence-corrected chi connectivity index (χ1v) is 7.69. The normalized spacial score (nSPS) is 8.86. The van der Waals surface area contributed by atoms with E-state index in [1.165, 1.54) is 33.1 Å². The zero-order valence-electron chi connectivity index (χ0n) is 14.4. The highest BCUT2D eigenvalue weighted by molar-refractivity contribution is 7.27. The molecule has 3 heteroatoms. The van der Waals surface area contributed by atoms with Crippen molar-refractivity contribution in [2.24, 2.45) is 0 Å². The number of hydrogen-bond donors (Lipinski definition) is 1. The zero-order valence-corrected chi connectivity index (χ0v) is 15.5. The summed E-state index contributed by atoms with van der Waals surface area (Å²) in [5, 5.41) is 16.9. The summed E-state index contributed by atoms with van der Waals surface area (Å²) in [6.45, 7) is 10.5. The molecular weight excluding hydrogens is 289 g/mol. The molecule has 2 aromatic carbocycles. The molecule has 0 saturated heterocycles. The molecule has 0 aromatic heterocycles. The van der Waals surface area contributed by atoms with E-state index < -0.39 is 0 Å².